The van der Waals surface area contributed by atoms with Crippen LogP contribution in [0.1, 0.15) is 116 Å². The molecule has 1 aromatic heterocycles. The first kappa shape index (κ1) is 47.7. The molecule has 6 aliphatic rings. The number of aromatic amines is 1. The summed E-state index contributed by atoms with van der Waals surface area (Å²) < 4.78 is 28.5. The molecule has 0 radical (unpaired) electrons. The molecule has 4 amide bonds. The zero-order valence-corrected chi connectivity index (χ0v) is 41.6. The van der Waals surface area contributed by atoms with Crippen LogP contribution in [0, 0.1) is 11.8 Å². The molecule has 10 atom stereocenters. The first-order valence-electron chi connectivity index (χ1n) is 25.3. The van der Waals surface area contributed by atoms with E-state index in [1.54, 1.807) is 0 Å². The highest BCUT2D eigenvalue weighted by atomic mass is 16.5. The Labute approximate surface area is 409 Å². The van der Waals surface area contributed by atoms with Crippen molar-refractivity contribution in [1.29, 1.82) is 0 Å². The topological polar surface area (TPSA) is 186 Å². The average molecular weight is 958 g/mol. The van der Waals surface area contributed by atoms with Crippen molar-refractivity contribution in [2.45, 2.75) is 167 Å². The molecule has 0 unspecified atom stereocenters. The van der Waals surface area contributed by atoms with Gasteiger partial charge in [-0.2, -0.15) is 0 Å². The van der Waals surface area contributed by atoms with Gasteiger partial charge in [0.15, 0.2) is 0 Å². The van der Waals surface area contributed by atoms with Crippen LogP contribution in [0.2, 0.25) is 0 Å². The molecule has 10 rings (SSSR count). The van der Waals surface area contributed by atoms with Gasteiger partial charge in [-0.3, -0.25) is 14.6 Å². The summed E-state index contributed by atoms with van der Waals surface area (Å²) in [6.45, 7) is 12.6. The summed E-state index contributed by atoms with van der Waals surface area (Å²) in [6.07, 6.45) is 6.95. The number of hydrogen-bond acceptors (Lipinski definition) is 11. The minimum Gasteiger partial charge on any atom is -0.488 e. The molecule has 3 aromatic carbocycles. The average Bonchev–Trinajstić information content (AvgIpc) is 4.16. The van der Waals surface area contributed by atoms with Gasteiger partial charge in [0.1, 0.15) is 30.3 Å². The number of imidazole rings is 1. The number of nitrogens with one attached hydrogen (secondary N) is 3. The van der Waals surface area contributed by atoms with Gasteiger partial charge in [-0.1, -0.05) is 18.2 Å². The number of fused-ring (bicyclic) bond motifs is 6. The van der Waals surface area contributed by atoms with Gasteiger partial charge in [-0.25, -0.2) is 14.6 Å². The number of amides is 4. The highest BCUT2D eigenvalue weighted by molar-refractivity contribution is 6.07. The highest BCUT2D eigenvalue weighted by Crippen LogP contribution is 2.46. The van der Waals surface area contributed by atoms with Crippen LogP contribution in [0.15, 0.2) is 53.7 Å². The molecule has 0 spiro atoms. The fraction of sp³-hybridized carbons (Fsp3) is 0.556. The number of aliphatic imine (C=N–C) groups is 1. The van der Waals surface area contributed by atoms with Crippen molar-refractivity contribution >= 4 is 46.2 Å². The van der Waals surface area contributed by atoms with Crippen LogP contribution in [-0.4, -0.2) is 118 Å². The lowest BCUT2D eigenvalue weighted by Gasteiger charge is -2.39. The van der Waals surface area contributed by atoms with Crippen LogP contribution in [-0.2, 0) is 41.6 Å². The second-order valence-electron chi connectivity index (χ2n) is 20.8. The van der Waals surface area contributed by atoms with E-state index in [4.69, 9.17) is 33.7 Å². The molecule has 4 fully saturated rings. The molecule has 4 aromatic rings. The maximum atomic E-state index is 14.7. The number of carbonyl (C=O) groups excluding carboxylic acids is 4. The van der Waals surface area contributed by atoms with Gasteiger partial charge in [-0.15, -0.1) is 0 Å². The van der Waals surface area contributed by atoms with Crippen molar-refractivity contribution < 1.29 is 42.9 Å². The highest BCUT2D eigenvalue weighted by Gasteiger charge is 2.47. The summed E-state index contributed by atoms with van der Waals surface area (Å²) in [6, 6.07) is 13.0. The first-order chi connectivity index (χ1) is 33.7. The van der Waals surface area contributed by atoms with Crippen LogP contribution in [0.4, 0.5) is 15.3 Å². The maximum absolute atomic E-state index is 14.7. The Morgan fingerprint density at radius 1 is 0.714 bits per heavy atom. The molecule has 0 saturated carbocycles. The standard InChI is InChI=1S/C54H67N7O9/c1-27-9-15-45(60(27)51(62)48(58-53(64)66-7)35-17-29(3)69-30(4)18-35)43-23-40-39-24-47-41(22-33(39)12-14-42(40)56-43)38-13-11-34(21-37(38)26-68-47)44-25-55-50(57-44)46-16-10-28(2)61(46)52(63)49(59-54(65)67-8)36-19-31(5)70-32(6)20-36/h11-14,21-22,24-25,27-32,35-36,45-46,48-49H,9-10,15-20,23,26H2,1-8H3,(H,55,57)(H,58,64)(H,59,65)/t27-,28-,29+,30+,31+,32+,45-,46-,48-,49-/m0/s1. The number of benzene rings is 3. The van der Waals surface area contributed by atoms with E-state index in [9.17, 15) is 19.2 Å². The number of aromatic nitrogens is 2. The Morgan fingerprint density at radius 2 is 1.30 bits per heavy atom. The van der Waals surface area contributed by atoms with E-state index >= 15 is 0 Å². The lowest BCUT2D eigenvalue weighted by molar-refractivity contribution is -0.140. The minimum atomic E-state index is -0.747. The number of likely N-dealkylation sites (tertiary alicyclic amines) is 2. The normalized spacial score (nSPS) is 29.0. The Kier molecular flexibility index (Phi) is 13.1. The lowest BCUT2D eigenvalue weighted by atomic mass is 9.85. The van der Waals surface area contributed by atoms with Crippen LogP contribution in [0.25, 0.3) is 33.2 Å². The number of ether oxygens (including phenoxy) is 5. The van der Waals surface area contributed by atoms with Gasteiger partial charge in [0.05, 0.1) is 68.3 Å². The molecule has 70 heavy (non-hydrogen) atoms. The quantitative estimate of drug-likeness (QED) is 0.147. The Hall–Kier alpha value is -6.00. The van der Waals surface area contributed by atoms with Gasteiger partial charge in [0, 0.05) is 29.8 Å². The van der Waals surface area contributed by atoms with E-state index < -0.39 is 24.3 Å². The van der Waals surface area contributed by atoms with Crippen molar-refractivity contribution in [1.82, 2.24) is 30.4 Å². The molecule has 0 aliphatic carbocycles. The number of H-pyrrole nitrogens is 1. The zero-order valence-electron chi connectivity index (χ0n) is 41.6. The zero-order chi connectivity index (χ0) is 49.1. The van der Waals surface area contributed by atoms with E-state index in [0.29, 0.717) is 44.5 Å². The van der Waals surface area contributed by atoms with Gasteiger partial charge in [0.25, 0.3) is 0 Å². The lowest BCUT2D eigenvalue weighted by Crippen LogP contribution is -2.57. The molecule has 6 aliphatic heterocycles. The van der Waals surface area contributed by atoms with E-state index in [-0.39, 0.29) is 72.2 Å². The Morgan fingerprint density at radius 3 is 1.90 bits per heavy atom. The number of nitrogens with zero attached hydrogens (tertiary/aromatic N) is 4. The summed E-state index contributed by atoms with van der Waals surface area (Å²) in [5.74, 6) is 1.12. The van der Waals surface area contributed by atoms with Gasteiger partial charge >= 0.3 is 12.2 Å². The van der Waals surface area contributed by atoms with Crippen LogP contribution >= 0.6 is 0 Å². The second kappa shape index (κ2) is 19.3. The summed E-state index contributed by atoms with van der Waals surface area (Å²) in [7, 11) is 2.65. The number of alkyl carbamates (subject to hydrolysis) is 2. The van der Waals surface area contributed by atoms with Crippen LogP contribution < -0.4 is 15.4 Å². The molecule has 0 bridgehead atoms. The number of hydrogen-bond donors (Lipinski definition) is 3. The molecule has 3 N–H and O–H groups in total. The monoisotopic (exact) mass is 958 g/mol. The van der Waals surface area contributed by atoms with Crippen molar-refractivity contribution in [3.05, 3.63) is 65.6 Å². The third kappa shape index (κ3) is 9.01. The van der Waals surface area contributed by atoms with Crippen molar-refractivity contribution in [2.24, 2.45) is 16.8 Å². The van der Waals surface area contributed by atoms with E-state index in [1.165, 1.54) is 14.2 Å². The SMILES string of the molecule is COC(=O)N[C@H](C(=O)N1[C@@H](C)CC[C@H]1C1=Nc2ccc3cc4c(cc3c2C1)OCc1cc(-c2cnc([C@@H]3CC[C@H](C)N3C(=O)[C@@H](NC(=O)OC)C3C[C@@H](C)O[C@H](C)C3)[nH]2)ccc1-4)C1C[C@@H](C)O[C@H](C)C1. The molecule has 4 saturated heterocycles. The Bertz CT molecular complexity index is 2700. The van der Waals surface area contributed by atoms with E-state index in [1.807, 2.05) is 43.7 Å². The summed E-state index contributed by atoms with van der Waals surface area (Å²) in [5, 5.41) is 7.97. The van der Waals surface area contributed by atoms with Crippen molar-refractivity contribution in [2.75, 3.05) is 14.2 Å². The fourth-order valence-electron chi connectivity index (χ4n) is 12.8. The number of rotatable bonds is 9. The van der Waals surface area contributed by atoms with Crippen molar-refractivity contribution in [3.63, 3.8) is 0 Å². The molecular formula is C54H67N7O9. The van der Waals surface area contributed by atoms with Crippen LogP contribution in [0.3, 0.4) is 0 Å². The second-order valence-corrected chi connectivity index (χ2v) is 20.8. The third-order valence-electron chi connectivity index (χ3n) is 15.9. The van der Waals surface area contributed by atoms with Gasteiger partial charge in [-0.05, 0) is 162 Å². The predicted molar refractivity (Wildman–Crippen MR) is 264 cm³/mol. The summed E-state index contributed by atoms with van der Waals surface area (Å²) in [5.41, 5.74) is 7.98. The molecular weight excluding hydrogens is 891 g/mol. The predicted octanol–water partition coefficient (Wildman–Crippen LogP) is 8.71. The van der Waals surface area contributed by atoms with Gasteiger partial charge < -0.3 is 49.1 Å². The summed E-state index contributed by atoms with van der Waals surface area (Å²) in [4.78, 5) is 71.9. The minimum absolute atomic E-state index is 0.0161. The first-order valence-corrected chi connectivity index (χ1v) is 25.3. The molecule has 16 nitrogen and oxygen atoms in total. The smallest absolute Gasteiger partial charge is 0.407 e. The molecule has 16 heteroatoms. The largest absolute Gasteiger partial charge is 0.488 e. The van der Waals surface area contributed by atoms with E-state index in [2.05, 4.69) is 71.9 Å². The fourth-order valence-corrected chi connectivity index (χ4v) is 12.8. The third-order valence-corrected chi connectivity index (χ3v) is 15.9. The van der Waals surface area contributed by atoms with Crippen LogP contribution in [0.5, 0.6) is 5.75 Å². The van der Waals surface area contributed by atoms with Gasteiger partial charge in [0.2, 0.25) is 11.8 Å². The Balaban J connectivity index is 0.865. The molecule has 7 heterocycles. The molecule has 372 valence electrons. The summed E-state index contributed by atoms with van der Waals surface area (Å²) >= 11 is 0. The van der Waals surface area contributed by atoms with Crippen molar-refractivity contribution in [3.8, 4) is 28.1 Å². The maximum Gasteiger partial charge on any atom is 0.407 e. The number of methoxy groups -OCH3 is 2. The number of carbonyl (C=O) groups is 4. The van der Waals surface area contributed by atoms with E-state index in [0.717, 1.165) is 87.1 Å².